The molecule has 1 heterocycles. The van der Waals surface area contributed by atoms with Crippen LogP contribution in [0.4, 0.5) is 5.69 Å². The highest BCUT2D eigenvalue weighted by molar-refractivity contribution is 5.80. The largest absolute Gasteiger partial charge is 0.480 e. The maximum absolute atomic E-state index is 11.3. The summed E-state index contributed by atoms with van der Waals surface area (Å²) in [5.74, 6) is -0.804. The number of carboxylic acids is 1. The molecular formula is C14H16N2O2. The molecule has 94 valence electrons. The van der Waals surface area contributed by atoms with Crippen molar-refractivity contribution in [2.75, 3.05) is 11.4 Å². The van der Waals surface area contributed by atoms with Gasteiger partial charge in [-0.2, -0.15) is 5.26 Å². The zero-order valence-electron chi connectivity index (χ0n) is 10.4. The third kappa shape index (κ3) is 2.17. The second kappa shape index (κ2) is 5.09. The fraction of sp³-hybridized carbons (Fsp3) is 0.429. The van der Waals surface area contributed by atoms with Crippen molar-refractivity contribution >= 4 is 11.7 Å². The lowest BCUT2D eigenvalue weighted by Crippen LogP contribution is -2.45. The van der Waals surface area contributed by atoms with Gasteiger partial charge in [0, 0.05) is 6.54 Å². The number of para-hydroxylation sites is 1. The Labute approximate surface area is 106 Å². The van der Waals surface area contributed by atoms with E-state index in [0.717, 1.165) is 24.1 Å². The van der Waals surface area contributed by atoms with Crippen LogP contribution in [0.15, 0.2) is 18.2 Å². The number of benzene rings is 1. The van der Waals surface area contributed by atoms with E-state index in [1.54, 1.807) is 6.07 Å². The predicted octanol–water partition coefficient (Wildman–Crippen LogP) is 2.31. The fourth-order valence-electron chi connectivity index (χ4n) is 2.59. The third-order valence-corrected chi connectivity index (χ3v) is 3.43. The minimum atomic E-state index is -0.804. The monoisotopic (exact) mass is 244 g/mol. The van der Waals surface area contributed by atoms with Crippen LogP contribution in [0, 0.1) is 18.3 Å². The van der Waals surface area contributed by atoms with Crippen LogP contribution in [0.25, 0.3) is 0 Å². The molecule has 1 fully saturated rings. The Morgan fingerprint density at radius 2 is 2.28 bits per heavy atom. The van der Waals surface area contributed by atoms with Crippen LogP contribution >= 0.6 is 0 Å². The Bertz CT molecular complexity index is 505. The van der Waals surface area contributed by atoms with Gasteiger partial charge in [-0.15, -0.1) is 0 Å². The van der Waals surface area contributed by atoms with E-state index in [9.17, 15) is 15.2 Å². The third-order valence-electron chi connectivity index (χ3n) is 3.43. The second-order valence-electron chi connectivity index (χ2n) is 4.63. The highest BCUT2D eigenvalue weighted by atomic mass is 16.4. The molecule has 1 aliphatic heterocycles. The number of aryl methyl sites for hydroxylation is 1. The first-order valence-corrected chi connectivity index (χ1v) is 6.14. The standard InChI is InChI=1S/C14H16N2O2/c1-10-5-4-6-11(9-15)13(10)16-8-3-2-7-12(16)14(17)18/h4-6,12H,2-3,7-8H2,1H3,(H,17,18). The van der Waals surface area contributed by atoms with E-state index >= 15 is 0 Å². The normalized spacial score (nSPS) is 19.3. The Morgan fingerprint density at radius 3 is 2.94 bits per heavy atom. The van der Waals surface area contributed by atoms with E-state index in [4.69, 9.17) is 0 Å². The summed E-state index contributed by atoms with van der Waals surface area (Å²) in [6, 6.07) is 7.15. The Balaban J connectivity index is 2.46. The zero-order valence-corrected chi connectivity index (χ0v) is 10.4. The summed E-state index contributed by atoms with van der Waals surface area (Å²) in [5, 5.41) is 18.5. The minimum absolute atomic E-state index is 0.507. The van der Waals surface area contributed by atoms with E-state index in [1.165, 1.54) is 0 Å². The molecule has 0 amide bonds. The predicted molar refractivity (Wildman–Crippen MR) is 68.5 cm³/mol. The summed E-state index contributed by atoms with van der Waals surface area (Å²) in [7, 11) is 0. The van der Waals surface area contributed by atoms with Crippen molar-refractivity contribution in [1.29, 1.82) is 5.26 Å². The summed E-state index contributed by atoms with van der Waals surface area (Å²) >= 11 is 0. The molecule has 4 heteroatoms. The SMILES string of the molecule is Cc1cccc(C#N)c1N1CCCCC1C(=O)O. The van der Waals surface area contributed by atoms with Gasteiger partial charge < -0.3 is 10.0 Å². The Kier molecular flexibility index (Phi) is 3.52. The lowest BCUT2D eigenvalue weighted by Gasteiger charge is -2.36. The maximum atomic E-state index is 11.3. The van der Waals surface area contributed by atoms with E-state index in [0.29, 0.717) is 18.5 Å². The number of rotatable bonds is 2. The molecule has 1 N–H and O–H groups in total. The van der Waals surface area contributed by atoms with Crippen molar-refractivity contribution in [3.8, 4) is 6.07 Å². The number of carbonyl (C=O) groups is 1. The molecule has 1 aliphatic rings. The van der Waals surface area contributed by atoms with Gasteiger partial charge >= 0.3 is 5.97 Å². The summed E-state index contributed by atoms with van der Waals surface area (Å²) in [6.45, 7) is 2.63. The summed E-state index contributed by atoms with van der Waals surface area (Å²) in [4.78, 5) is 13.2. The molecule has 1 unspecified atom stereocenters. The van der Waals surface area contributed by atoms with Crippen LogP contribution in [0.1, 0.15) is 30.4 Å². The van der Waals surface area contributed by atoms with Gasteiger partial charge in [-0.3, -0.25) is 0 Å². The molecule has 0 aliphatic carbocycles. The molecule has 0 aromatic heterocycles. The first-order chi connectivity index (χ1) is 8.65. The number of hydrogen-bond donors (Lipinski definition) is 1. The van der Waals surface area contributed by atoms with Crippen LogP contribution in [0.2, 0.25) is 0 Å². The topological polar surface area (TPSA) is 64.3 Å². The van der Waals surface area contributed by atoms with Crippen molar-refractivity contribution < 1.29 is 9.90 Å². The summed E-state index contributed by atoms with van der Waals surface area (Å²) in [6.07, 6.45) is 2.55. The zero-order chi connectivity index (χ0) is 13.1. The number of carboxylic acid groups (broad SMARTS) is 1. The molecule has 2 rings (SSSR count). The van der Waals surface area contributed by atoms with Crippen molar-refractivity contribution in [1.82, 2.24) is 0 Å². The van der Waals surface area contributed by atoms with Gasteiger partial charge in [-0.05, 0) is 37.8 Å². The number of anilines is 1. The molecule has 0 bridgehead atoms. The van der Waals surface area contributed by atoms with E-state index in [2.05, 4.69) is 6.07 Å². The van der Waals surface area contributed by atoms with Gasteiger partial charge in [0.05, 0.1) is 11.3 Å². The lowest BCUT2D eigenvalue weighted by atomic mass is 9.98. The van der Waals surface area contributed by atoms with Crippen molar-refractivity contribution in [3.05, 3.63) is 29.3 Å². The molecule has 1 atom stereocenters. The number of nitrogens with zero attached hydrogens (tertiary/aromatic N) is 2. The molecule has 0 saturated carbocycles. The van der Waals surface area contributed by atoms with Gasteiger partial charge in [0.2, 0.25) is 0 Å². The highest BCUT2D eigenvalue weighted by Gasteiger charge is 2.30. The van der Waals surface area contributed by atoms with Crippen molar-refractivity contribution in [3.63, 3.8) is 0 Å². The first-order valence-electron chi connectivity index (χ1n) is 6.14. The van der Waals surface area contributed by atoms with Gasteiger partial charge in [0.1, 0.15) is 12.1 Å². The summed E-state index contributed by atoms with van der Waals surface area (Å²) < 4.78 is 0. The molecular weight excluding hydrogens is 228 g/mol. The fourth-order valence-corrected chi connectivity index (χ4v) is 2.59. The van der Waals surface area contributed by atoms with E-state index < -0.39 is 12.0 Å². The van der Waals surface area contributed by atoms with Crippen LogP contribution in [0.5, 0.6) is 0 Å². The Hall–Kier alpha value is -2.02. The van der Waals surface area contributed by atoms with E-state index in [1.807, 2.05) is 24.0 Å². The smallest absolute Gasteiger partial charge is 0.326 e. The molecule has 18 heavy (non-hydrogen) atoms. The summed E-state index contributed by atoms with van der Waals surface area (Å²) in [5.41, 5.74) is 2.30. The van der Waals surface area contributed by atoms with Gasteiger partial charge in [-0.1, -0.05) is 12.1 Å². The highest BCUT2D eigenvalue weighted by Crippen LogP contribution is 2.30. The Morgan fingerprint density at radius 1 is 1.50 bits per heavy atom. The van der Waals surface area contributed by atoms with Crippen molar-refractivity contribution in [2.45, 2.75) is 32.2 Å². The quantitative estimate of drug-likeness (QED) is 0.867. The van der Waals surface area contributed by atoms with Crippen LogP contribution < -0.4 is 4.90 Å². The molecule has 1 aromatic rings. The molecule has 0 radical (unpaired) electrons. The van der Waals surface area contributed by atoms with Crippen LogP contribution in [-0.2, 0) is 4.79 Å². The van der Waals surface area contributed by atoms with E-state index in [-0.39, 0.29) is 0 Å². The average Bonchev–Trinajstić information content (AvgIpc) is 2.38. The van der Waals surface area contributed by atoms with Gasteiger partial charge in [0.15, 0.2) is 0 Å². The number of hydrogen-bond acceptors (Lipinski definition) is 3. The van der Waals surface area contributed by atoms with Crippen molar-refractivity contribution in [2.24, 2.45) is 0 Å². The second-order valence-corrected chi connectivity index (χ2v) is 4.63. The van der Waals surface area contributed by atoms with Gasteiger partial charge in [0.25, 0.3) is 0 Å². The maximum Gasteiger partial charge on any atom is 0.326 e. The molecule has 0 spiro atoms. The number of aliphatic carboxylic acids is 1. The van der Waals surface area contributed by atoms with Gasteiger partial charge in [-0.25, -0.2) is 4.79 Å². The minimum Gasteiger partial charge on any atom is -0.480 e. The van der Waals surface area contributed by atoms with Crippen LogP contribution in [0.3, 0.4) is 0 Å². The average molecular weight is 244 g/mol. The number of piperidine rings is 1. The lowest BCUT2D eigenvalue weighted by molar-refractivity contribution is -0.139. The number of nitriles is 1. The van der Waals surface area contributed by atoms with Crippen LogP contribution in [-0.4, -0.2) is 23.7 Å². The first kappa shape index (κ1) is 12.4. The molecule has 1 aromatic carbocycles. The molecule has 1 saturated heterocycles. The molecule has 4 nitrogen and oxygen atoms in total.